The van der Waals surface area contributed by atoms with Crippen LogP contribution in [-0.4, -0.2) is 10.9 Å². The van der Waals surface area contributed by atoms with Crippen LogP contribution in [0, 0.1) is 22.8 Å². The van der Waals surface area contributed by atoms with Gasteiger partial charge in [0.25, 0.3) is 0 Å². The Bertz CT molecular complexity index is 1150. The third-order valence-corrected chi connectivity index (χ3v) is 5.12. The molecule has 0 radical (unpaired) electrons. The number of nitriles is 2. The highest BCUT2D eigenvalue weighted by Crippen LogP contribution is 2.40. The van der Waals surface area contributed by atoms with E-state index in [-0.39, 0.29) is 23.0 Å². The van der Waals surface area contributed by atoms with Crippen LogP contribution in [0.15, 0.2) is 46.1 Å². The highest BCUT2D eigenvalue weighted by molar-refractivity contribution is 7.08. The summed E-state index contributed by atoms with van der Waals surface area (Å²) in [6, 6.07) is 11.4. The van der Waals surface area contributed by atoms with Crippen LogP contribution in [0.4, 0.5) is 17.3 Å². The summed E-state index contributed by atoms with van der Waals surface area (Å²) in [5.74, 6) is 0.627. The fourth-order valence-electron chi connectivity index (χ4n) is 3.11. The van der Waals surface area contributed by atoms with Crippen molar-refractivity contribution in [2.75, 3.05) is 16.8 Å². The average molecular weight is 386 g/mol. The second-order valence-corrected chi connectivity index (χ2v) is 6.82. The number of pyridine rings is 1. The Morgan fingerprint density at radius 1 is 1.11 bits per heavy atom. The molecule has 1 aliphatic rings. The van der Waals surface area contributed by atoms with Crippen molar-refractivity contribution >= 4 is 34.6 Å². The zero-order chi connectivity index (χ0) is 19.7. The maximum absolute atomic E-state index is 9.38. The Morgan fingerprint density at radius 2 is 1.89 bits per heavy atom. The molecule has 2 aromatic heterocycles. The van der Waals surface area contributed by atoms with Gasteiger partial charge < -0.3 is 16.8 Å². The van der Waals surface area contributed by atoms with E-state index in [4.69, 9.17) is 16.7 Å². The molecule has 3 aromatic rings. The Morgan fingerprint density at radius 3 is 2.54 bits per heavy atom. The molecule has 136 valence electrons. The van der Waals surface area contributed by atoms with Crippen molar-refractivity contribution in [2.45, 2.75) is 6.04 Å². The van der Waals surface area contributed by atoms with E-state index in [1.54, 1.807) is 11.3 Å². The number of thiophene rings is 1. The van der Waals surface area contributed by atoms with Gasteiger partial charge in [-0.25, -0.2) is 9.98 Å². The summed E-state index contributed by atoms with van der Waals surface area (Å²) in [5.41, 5.74) is 16.1. The highest BCUT2D eigenvalue weighted by Gasteiger charge is 2.29. The van der Waals surface area contributed by atoms with Crippen LogP contribution in [0.5, 0.6) is 0 Å². The van der Waals surface area contributed by atoms with Crippen LogP contribution in [0.2, 0.25) is 0 Å². The number of anilines is 3. The molecule has 3 heterocycles. The topological polar surface area (TPSA) is 149 Å². The van der Waals surface area contributed by atoms with E-state index in [2.05, 4.69) is 32.1 Å². The molecule has 1 atom stereocenters. The zero-order valence-electron chi connectivity index (χ0n) is 14.5. The number of hydrogen-bond acceptors (Lipinski definition) is 9. The third kappa shape index (κ3) is 2.86. The molecule has 4 rings (SSSR count). The van der Waals surface area contributed by atoms with Crippen LogP contribution in [-0.2, 0) is 0 Å². The summed E-state index contributed by atoms with van der Waals surface area (Å²) in [6.07, 6.45) is 1.83. The summed E-state index contributed by atoms with van der Waals surface area (Å²) in [6.45, 7) is 0. The first-order valence-corrected chi connectivity index (χ1v) is 9.18. The minimum absolute atomic E-state index is 0.0241. The van der Waals surface area contributed by atoms with E-state index in [1.165, 1.54) is 0 Å². The van der Waals surface area contributed by atoms with Crippen molar-refractivity contribution in [2.24, 2.45) is 4.99 Å². The monoisotopic (exact) mass is 386 g/mol. The van der Waals surface area contributed by atoms with Crippen molar-refractivity contribution in [1.82, 2.24) is 10.3 Å². The molecule has 0 saturated carbocycles. The average Bonchev–Trinajstić information content (AvgIpc) is 3.23. The third-order valence-electron chi connectivity index (χ3n) is 4.44. The summed E-state index contributed by atoms with van der Waals surface area (Å²) < 4.78 is 0. The zero-order valence-corrected chi connectivity index (χ0v) is 15.3. The van der Waals surface area contributed by atoms with Gasteiger partial charge >= 0.3 is 0 Å². The predicted molar refractivity (Wildman–Crippen MR) is 109 cm³/mol. The molecule has 28 heavy (non-hydrogen) atoms. The number of rotatable bonds is 2. The lowest BCUT2D eigenvalue weighted by Crippen LogP contribution is -2.32. The molecular formula is C19H14N8S. The van der Waals surface area contributed by atoms with Crippen LogP contribution in [0.1, 0.15) is 22.7 Å². The van der Waals surface area contributed by atoms with Crippen molar-refractivity contribution in [1.29, 1.82) is 10.5 Å². The molecule has 6 N–H and O–H groups in total. The van der Waals surface area contributed by atoms with Crippen LogP contribution in [0.25, 0.3) is 11.1 Å². The van der Waals surface area contributed by atoms with Gasteiger partial charge in [-0.2, -0.15) is 21.9 Å². The van der Waals surface area contributed by atoms with Gasteiger partial charge in [0.15, 0.2) is 6.19 Å². The second-order valence-electron chi connectivity index (χ2n) is 6.04. The molecule has 0 bridgehead atoms. The fourth-order valence-corrected chi connectivity index (χ4v) is 3.77. The quantitative estimate of drug-likeness (QED) is 0.391. The van der Waals surface area contributed by atoms with E-state index in [0.29, 0.717) is 11.4 Å². The molecule has 1 unspecified atom stereocenters. The number of nitrogens with two attached hydrogens (primary N) is 2. The Kier molecular flexibility index (Phi) is 4.28. The summed E-state index contributed by atoms with van der Waals surface area (Å²) >= 11 is 1.63. The molecule has 9 heteroatoms. The molecule has 0 saturated heterocycles. The van der Waals surface area contributed by atoms with E-state index < -0.39 is 6.04 Å². The van der Waals surface area contributed by atoms with E-state index >= 15 is 0 Å². The molecule has 0 spiro atoms. The fraction of sp³-hybridized carbons (Fsp3) is 0.0526. The number of aromatic nitrogens is 1. The maximum Gasteiger partial charge on any atom is 0.211 e. The normalized spacial score (nSPS) is 14.8. The van der Waals surface area contributed by atoms with Gasteiger partial charge in [-0.15, -0.1) is 0 Å². The van der Waals surface area contributed by atoms with Crippen molar-refractivity contribution in [3.8, 4) is 23.4 Å². The summed E-state index contributed by atoms with van der Waals surface area (Å²) in [7, 11) is 0. The standard InChI is InChI=1S/C19H14N8S/c20-7-13-15(22)14-16(25-19(24-9-21)27-18(14)26-17(13)23)11-3-1-10(2-4-11)12-5-6-28-8-12/h1-6,8,16H,(H6,22,23,24,25,26,27). The largest absolute Gasteiger partial charge is 0.397 e. The van der Waals surface area contributed by atoms with Gasteiger partial charge in [-0.1, -0.05) is 24.3 Å². The number of hydrogen-bond donors (Lipinski definition) is 4. The van der Waals surface area contributed by atoms with E-state index in [0.717, 1.165) is 16.7 Å². The number of nitrogen functional groups attached to an aromatic ring is 2. The molecule has 1 aromatic carbocycles. The van der Waals surface area contributed by atoms with Crippen LogP contribution in [0.3, 0.4) is 0 Å². The highest BCUT2D eigenvalue weighted by atomic mass is 32.1. The smallest absolute Gasteiger partial charge is 0.211 e. The summed E-state index contributed by atoms with van der Waals surface area (Å²) in [4.78, 5) is 8.79. The predicted octanol–water partition coefficient (Wildman–Crippen LogP) is 2.79. The molecule has 0 fully saturated rings. The Labute approximate surface area is 164 Å². The minimum atomic E-state index is -0.538. The van der Waals surface area contributed by atoms with Gasteiger partial charge in [0.05, 0.1) is 5.69 Å². The van der Waals surface area contributed by atoms with Gasteiger partial charge in [0, 0.05) is 5.56 Å². The van der Waals surface area contributed by atoms with Gasteiger partial charge in [0.1, 0.15) is 29.3 Å². The molecule has 8 nitrogen and oxygen atoms in total. The van der Waals surface area contributed by atoms with Crippen molar-refractivity contribution in [3.63, 3.8) is 0 Å². The maximum atomic E-state index is 9.38. The first-order chi connectivity index (χ1) is 13.6. The van der Waals surface area contributed by atoms with E-state index in [1.807, 2.05) is 41.9 Å². The van der Waals surface area contributed by atoms with Crippen molar-refractivity contribution < 1.29 is 0 Å². The summed E-state index contributed by atoms with van der Waals surface area (Å²) in [5, 5.41) is 27.8. The number of fused-ring (bicyclic) bond motifs is 1. The Hall–Kier alpha value is -4.08. The lowest BCUT2D eigenvalue weighted by Gasteiger charge is -2.26. The molecule has 0 amide bonds. The number of nitrogens with one attached hydrogen (secondary N) is 2. The van der Waals surface area contributed by atoms with Crippen molar-refractivity contribution in [3.05, 3.63) is 57.8 Å². The van der Waals surface area contributed by atoms with Gasteiger partial charge in [0.2, 0.25) is 5.96 Å². The van der Waals surface area contributed by atoms with Gasteiger partial charge in [-0.3, -0.25) is 5.32 Å². The number of aliphatic imine (C=N–C) groups is 1. The number of nitrogens with zero attached hydrogens (tertiary/aromatic N) is 4. The number of guanidine groups is 1. The number of benzene rings is 1. The Balaban J connectivity index is 1.84. The molecular weight excluding hydrogens is 372 g/mol. The molecule has 0 aliphatic carbocycles. The molecule has 1 aliphatic heterocycles. The minimum Gasteiger partial charge on any atom is -0.397 e. The van der Waals surface area contributed by atoms with Crippen LogP contribution < -0.4 is 22.1 Å². The second kappa shape index (κ2) is 6.91. The first kappa shape index (κ1) is 17.3. The SMILES string of the molecule is N#CNC1=NC(c2ccc(-c3ccsc3)cc2)c2c(nc(N)c(C#N)c2N)N1. The first-order valence-electron chi connectivity index (χ1n) is 8.23. The lowest BCUT2D eigenvalue weighted by atomic mass is 9.94. The lowest BCUT2D eigenvalue weighted by molar-refractivity contribution is 0.847. The van der Waals surface area contributed by atoms with Gasteiger partial charge in [-0.05, 0) is 33.5 Å². The van der Waals surface area contributed by atoms with E-state index in [9.17, 15) is 5.26 Å². The van der Waals surface area contributed by atoms with Crippen LogP contribution >= 0.6 is 11.3 Å².